The summed E-state index contributed by atoms with van der Waals surface area (Å²) in [6.45, 7) is 9.04. The number of nitriles is 1. The minimum absolute atomic E-state index is 0.0408. The molecule has 0 saturated heterocycles. The highest BCUT2D eigenvalue weighted by Gasteiger charge is 2.36. The van der Waals surface area contributed by atoms with Gasteiger partial charge in [-0.25, -0.2) is 13.1 Å². The van der Waals surface area contributed by atoms with Gasteiger partial charge in [-0.3, -0.25) is 9.59 Å². The molecular weight excluding hydrogens is 423 g/mol. The van der Waals surface area contributed by atoms with Gasteiger partial charge in [0.2, 0.25) is 0 Å². The van der Waals surface area contributed by atoms with Crippen molar-refractivity contribution in [1.82, 2.24) is 4.67 Å². The number of sulfone groups is 1. The van der Waals surface area contributed by atoms with Crippen molar-refractivity contribution in [3.05, 3.63) is 0 Å². The SMILES string of the molecule is CCOC(=O)C(CC(=O)O)S(=O)(=O)CCOP(OCCC#N)N(C(C)C)C(C)C. The van der Waals surface area contributed by atoms with E-state index in [9.17, 15) is 18.0 Å². The molecule has 2 atom stereocenters. The van der Waals surface area contributed by atoms with Crippen LogP contribution in [0.15, 0.2) is 0 Å². The Kier molecular flexibility index (Phi) is 13.2. The van der Waals surface area contributed by atoms with E-state index >= 15 is 0 Å². The van der Waals surface area contributed by atoms with Crippen LogP contribution in [0.5, 0.6) is 0 Å². The molecule has 0 spiro atoms. The zero-order chi connectivity index (χ0) is 22.6. The Morgan fingerprint density at radius 2 is 1.69 bits per heavy atom. The van der Waals surface area contributed by atoms with Crippen molar-refractivity contribution >= 4 is 30.3 Å². The van der Waals surface area contributed by atoms with Gasteiger partial charge < -0.3 is 18.9 Å². The maximum Gasteiger partial charge on any atom is 0.324 e. The fourth-order valence-corrected chi connectivity index (χ4v) is 5.51. The third-order valence-corrected chi connectivity index (χ3v) is 7.64. The van der Waals surface area contributed by atoms with Crippen molar-refractivity contribution < 1.29 is 36.9 Å². The van der Waals surface area contributed by atoms with E-state index in [4.69, 9.17) is 24.2 Å². The quantitative estimate of drug-likeness (QED) is 0.222. The highest BCUT2D eigenvalue weighted by molar-refractivity contribution is 7.92. The average molecular weight is 454 g/mol. The molecule has 0 aliphatic heterocycles. The summed E-state index contributed by atoms with van der Waals surface area (Å²) in [5, 5.41) is 15.8. The molecule has 0 fully saturated rings. The third-order valence-electron chi connectivity index (χ3n) is 3.57. The molecule has 10 nitrogen and oxygen atoms in total. The van der Waals surface area contributed by atoms with Crippen LogP contribution >= 0.6 is 8.53 Å². The molecule has 12 heteroatoms. The monoisotopic (exact) mass is 454 g/mol. The number of hydrogen-bond donors (Lipinski definition) is 1. The molecule has 0 heterocycles. The number of carbonyl (C=O) groups is 2. The van der Waals surface area contributed by atoms with Crippen LogP contribution in [0.2, 0.25) is 0 Å². The van der Waals surface area contributed by atoms with Crippen LogP contribution in [0, 0.1) is 11.3 Å². The summed E-state index contributed by atoms with van der Waals surface area (Å²) in [6, 6.07) is 2.05. The van der Waals surface area contributed by atoms with Gasteiger partial charge in [-0.1, -0.05) is 0 Å². The topological polar surface area (TPSA) is 143 Å². The van der Waals surface area contributed by atoms with Crippen molar-refractivity contribution in [1.29, 1.82) is 5.26 Å². The normalized spacial score (nSPS) is 14.0. The molecule has 0 aliphatic carbocycles. The number of nitrogens with zero attached hydrogens (tertiary/aromatic N) is 2. The molecule has 0 amide bonds. The molecule has 0 radical (unpaired) electrons. The van der Waals surface area contributed by atoms with E-state index in [0.717, 1.165) is 0 Å². The second kappa shape index (κ2) is 13.8. The second-order valence-electron chi connectivity index (χ2n) is 6.59. The van der Waals surface area contributed by atoms with Crippen molar-refractivity contribution in [2.45, 2.75) is 64.8 Å². The lowest BCUT2D eigenvalue weighted by Gasteiger charge is -2.35. The first-order valence-corrected chi connectivity index (χ1v) is 12.1. The smallest absolute Gasteiger partial charge is 0.324 e. The molecule has 0 bridgehead atoms. The summed E-state index contributed by atoms with van der Waals surface area (Å²) in [5.41, 5.74) is 0. The Morgan fingerprint density at radius 3 is 2.14 bits per heavy atom. The van der Waals surface area contributed by atoms with Gasteiger partial charge in [0.05, 0.1) is 44.5 Å². The maximum absolute atomic E-state index is 12.5. The van der Waals surface area contributed by atoms with E-state index in [1.54, 1.807) is 0 Å². The van der Waals surface area contributed by atoms with Gasteiger partial charge in [0.25, 0.3) is 8.53 Å². The van der Waals surface area contributed by atoms with E-state index in [0.29, 0.717) is 0 Å². The van der Waals surface area contributed by atoms with Gasteiger partial charge in [-0.15, -0.1) is 0 Å². The zero-order valence-electron chi connectivity index (χ0n) is 17.5. The molecule has 2 unspecified atom stereocenters. The molecule has 0 aromatic heterocycles. The maximum atomic E-state index is 12.5. The minimum Gasteiger partial charge on any atom is -0.481 e. The van der Waals surface area contributed by atoms with Crippen LogP contribution < -0.4 is 0 Å². The highest BCUT2D eigenvalue weighted by Crippen LogP contribution is 2.45. The van der Waals surface area contributed by atoms with Gasteiger partial charge in [-0.2, -0.15) is 5.26 Å². The zero-order valence-corrected chi connectivity index (χ0v) is 19.2. The fourth-order valence-electron chi connectivity index (χ4n) is 2.44. The standard InChI is InChI=1S/C17H31N2O8PS/c1-6-25-17(22)15(12-16(20)21)29(23,24)11-10-27-28(26-9-7-8-18)19(13(2)3)14(4)5/h13-15H,6-7,9-12H2,1-5H3,(H,20,21). The lowest BCUT2D eigenvalue weighted by Crippen LogP contribution is -2.37. The van der Waals surface area contributed by atoms with Crippen LogP contribution in [0.4, 0.5) is 0 Å². The molecule has 29 heavy (non-hydrogen) atoms. The van der Waals surface area contributed by atoms with Crippen LogP contribution in [-0.2, 0) is 33.2 Å². The van der Waals surface area contributed by atoms with E-state index in [-0.39, 0.29) is 38.3 Å². The van der Waals surface area contributed by atoms with E-state index in [1.807, 2.05) is 38.4 Å². The predicted octanol–water partition coefficient (Wildman–Crippen LogP) is 2.10. The number of esters is 1. The Hall–Kier alpha value is -1.31. The number of carboxylic acid groups (broad SMARTS) is 1. The molecule has 0 aromatic rings. The molecule has 0 aromatic carbocycles. The summed E-state index contributed by atoms with van der Waals surface area (Å²) >= 11 is 0. The first-order valence-electron chi connectivity index (χ1n) is 9.29. The summed E-state index contributed by atoms with van der Waals surface area (Å²) in [5.74, 6) is -3.07. The van der Waals surface area contributed by atoms with Crippen LogP contribution in [0.1, 0.15) is 47.5 Å². The lowest BCUT2D eigenvalue weighted by atomic mass is 10.3. The largest absolute Gasteiger partial charge is 0.481 e. The van der Waals surface area contributed by atoms with Crippen molar-refractivity contribution in [2.24, 2.45) is 0 Å². The van der Waals surface area contributed by atoms with Gasteiger partial charge in [-0.05, 0) is 34.6 Å². The van der Waals surface area contributed by atoms with Crippen LogP contribution in [0.25, 0.3) is 0 Å². The Morgan fingerprint density at radius 1 is 1.14 bits per heavy atom. The number of hydrogen-bond acceptors (Lipinski definition) is 9. The molecule has 0 rings (SSSR count). The summed E-state index contributed by atoms with van der Waals surface area (Å²) in [6.07, 6.45) is -0.715. The molecule has 1 N–H and O–H groups in total. The van der Waals surface area contributed by atoms with Crippen LogP contribution in [0.3, 0.4) is 0 Å². The number of carboxylic acids is 1. The molecule has 0 saturated carbocycles. The number of ether oxygens (including phenoxy) is 1. The van der Waals surface area contributed by atoms with E-state index < -0.39 is 47.7 Å². The summed E-state index contributed by atoms with van der Waals surface area (Å²) in [4.78, 5) is 22.9. The minimum atomic E-state index is -4.12. The van der Waals surface area contributed by atoms with Gasteiger partial charge in [0.15, 0.2) is 15.1 Å². The molecule has 168 valence electrons. The summed E-state index contributed by atoms with van der Waals surface area (Å²) in [7, 11) is -5.76. The van der Waals surface area contributed by atoms with Crippen molar-refractivity contribution in [2.75, 3.05) is 25.6 Å². The lowest BCUT2D eigenvalue weighted by molar-refractivity contribution is -0.146. The van der Waals surface area contributed by atoms with Crippen molar-refractivity contribution in [3.8, 4) is 6.07 Å². The fraction of sp³-hybridized carbons (Fsp3) is 0.824. The van der Waals surface area contributed by atoms with E-state index in [1.165, 1.54) is 6.92 Å². The first kappa shape index (κ1) is 27.7. The highest BCUT2D eigenvalue weighted by atomic mass is 32.2. The Bertz CT molecular complexity index is 655. The van der Waals surface area contributed by atoms with E-state index in [2.05, 4.69) is 0 Å². The second-order valence-corrected chi connectivity index (χ2v) is 10.3. The summed E-state index contributed by atoms with van der Waals surface area (Å²) < 4.78 is 43.0. The Balaban J connectivity index is 5.24. The van der Waals surface area contributed by atoms with Crippen molar-refractivity contribution in [3.63, 3.8) is 0 Å². The predicted molar refractivity (Wildman–Crippen MR) is 108 cm³/mol. The van der Waals surface area contributed by atoms with Gasteiger partial charge in [0.1, 0.15) is 0 Å². The van der Waals surface area contributed by atoms with Gasteiger partial charge >= 0.3 is 11.9 Å². The first-order chi connectivity index (χ1) is 13.5. The Labute approximate surface area is 174 Å². The molecule has 0 aliphatic rings. The number of carbonyl (C=O) groups excluding carboxylic acids is 1. The number of rotatable bonds is 15. The molecular formula is C17H31N2O8PS. The average Bonchev–Trinajstić information content (AvgIpc) is 2.58. The van der Waals surface area contributed by atoms with Crippen LogP contribution in [-0.4, -0.2) is 73.0 Å². The third kappa shape index (κ3) is 10.3. The van der Waals surface area contributed by atoms with Gasteiger partial charge in [0, 0.05) is 12.1 Å². The number of aliphatic carboxylic acids is 1.